The van der Waals surface area contributed by atoms with Crippen LogP contribution in [0.25, 0.3) is 0 Å². The Morgan fingerprint density at radius 3 is 2.32 bits per heavy atom. The van der Waals surface area contributed by atoms with Crippen LogP contribution in [0.1, 0.15) is 48.9 Å². The second-order valence-electron chi connectivity index (χ2n) is 6.62. The number of amides is 1. The van der Waals surface area contributed by atoms with Crippen molar-refractivity contribution in [2.45, 2.75) is 44.6 Å². The molecule has 1 heterocycles. The zero-order valence-corrected chi connectivity index (χ0v) is 13.2. The molecule has 1 aliphatic carbocycles. The van der Waals surface area contributed by atoms with Gasteiger partial charge in [0.1, 0.15) is 5.82 Å². The van der Waals surface area contributed by atoms with Gasteiger partial charge < -0.3 is 9.80 Å². The Kier molecular flexibility index (Phi) is 5.08. The lowest BCUT2D eigenvalue weighted by atomic mass is 10.1. The summed E-state index contributed by atoms with van der Waals surface area (Å²) in [7, 11) is 0. The number of rotatable bonds is 2. The number of hydrogen-bond acceptors (Lipinski definition) is 1. The van der Waals surface area contributed by atoms with Gasteiger partial charge in [0.05, 0.1) is 37.8 Å². The molecule has 2 aliphatic rings. The van der Waals surface area contributed by atoms with Crippen LogP contribution in [0.15, 0.2) is 24.3 Å². The number of carbonyl (C=O) groups excluding carboxylic acids is 1. The smallest absolute Gasteiger partial charge is 0.257 e. The molecule has 1 N–H and O–H groups in total. The molecule has 1 saturated heterocycles. The van der Waals surface area contributed by atoms with E-state index in [-0.39, 0.29) is 11.5 Å². The maximum absolute atomic E-state index is 13.8. The molecule has 4 heteroatoms. The molecule has 1 aliphatic heterocycles. The zero-order chi connectivity index (χ0) is 15.4. The van der Waals surface area contributed by atoms with Gasteiger partial charge in [0, 0.05) is 0 Å². The number of carbonyl (C=O) groups is 1. The summed E-state index contributed by atoms with van der Waals surface area (Å²) in [5.74, 6) is -0.566. The molecular weight excluding hydrogens is 279 g/mol. The first-order valence-corrected chi connectivity index (χ1v) is 8.64. The fraction of sp³-hybridized carbons (Fsp3) is 0.611. The van der Waals surface area contributed by atoms with Crippen LogP contribution in [0.5, 0.6) is 0 Å². The van der Waals surface area contributed by atoms with E-state index in [0.29, 0.717) is 0 Å². The number of nitrogens with zero attached hydrogens (tertiary/aromatic N) is 1. The van der Waals surface area contributed by atoms with Crippen molar-refractivity contribution in [3.05, 3.63) is 35.6 Å². The van der Waals surface area contributed by atoms with Crippen LogP contribution < -0.4 is 4.90 Å². The highest BCUT2D eigenvalue weighted by Crippen LogP contribution is 2.16. The molecule has 0 bridgehead atoms. The molecule has 1 aromatic rings. The number of nitrogens with one attached hydrogen (secondary N) is 1. The maximum atomic E-state index is 13.8. The predicted octanol–water partition coefficient (Wildman–Crippen LogP) is 1.89. The second-order valence-corrected chi connectivity index (χ2v) is 6.62. The van der Waals surface area contributed by atoms with Crippen molar-refractivity contribution in [3.63, 3.8) is 0 Å². The number of hydrogen-bond donors (Lipinski definition) is 1. The third-order valence-corrected chi connectivity index (χ3v) is 5.23. The topological polar surface area (TPSA) is 24.8 Å². The van der Waals surface area contributed by atoms with Crippen LogP contribution in [0.2, 0.25) is 0 Å². The van der Waals surface area contributed by atoms with Gasteiger partial charge in [-0.1, -0.05) is 25.0 Å². The Balaban J connectivity index is 1.57. The third kappa shape index (κ3) is 3.49. The van der Waals surface area contributed by atoms with Crippen molar-refractivity contribution in [1.29, 1.82) is 0 Å². The van der Waals surface area contributed by atoms with Crippen LogP contribution in [-0.2, 0) is 0 Å². The molecule has 0 radical (unpaired) electrons. The minimum absolute atomic E-state index is 0.155. The first-order valence-electron chi connectivity index (χ1n) is 8.64. The molecule has 1 saturated carbocycles. The number of quaternary nitrogens is 1. The minimum atomic E-state index is -0.411. The SMILES string of the molecule is O=C(c1ccccc1F)N1CC[NH+](C2CCCCCC2)CC1. The van der Waals surface area contributed by atoms with Crippen LogP contribution >= 0.6 is 0 Å². The first-order chi connectivity index (χ1) is 10.8. The molecule has 0 unspecified atom stereocenters. The summed E-state index contributed by atoms with van der Waals surface area (Å²) in [5.41, 5.74) is 0.209. The van der Waals surface area contributed by atoms with E-state index in [0.717, 1.165) is 32.2 Å². The van der Waals surface area contributed by atoms with Crippen LogP contribution in [0.4, 0.5) is 4.39 Å². The van der Waals surface area contributed by atoms with Gasteiger partial charge in [-0.15, -0.1) is 0 Å². The van der Waals surface area contributed by atoms with Gasteiger partial charge in [0.2, 0.25) is 0 Å². The van der Waals surface area contributed by atoms with E-state index < -0.39 is 5.82 Å². The van der Waals surface area contributed by atoms with Crippen LogP contribution in [0.3, 0.4) is 0 Å². The standard InChI is InChI=1S/C18H25FN2O/c19-17-10-6-5-9-16(17)18(22)21-13-11-20(12-14-21)15-7-3-1-2-4-8-15/h5-6,9-10,15H,1-4,7-8,11-14H2/p+1. The van der Waals surface area contributed by atoms with Crippen molar-refractivity contribution in [2.75, 3.05) is 26.2 Å². The summed E-state index contributed by atoms with van der Waals surface area (Å²) in [6, 6.07) is 7.07. The molecule has 0 atom stereocenters. The van der Waals surface area contributed by atoms with E-state index in [1.165, 1.54) is 44.6 Å². The first kappa shape index (κ1) is 15.5. The molecule has 3 nitrogen and oxygen atoms in total. The Labute approximate surface area is 132 Å². The maximum Gasteiger partial charge on any atom is 0.257 e. The van der Waals surface area contributed by atoms with E-state index in [2.05, 4.69) is 0 Å². The van der Waals surface area contributed by atoms with E-state index >= 15 is 0 Å². The molecule has 0 aromatic heterocycles. The lowest BCUT2D eigenvalue weighted by Crippen LogP contribution is -3.18. The van der Waals surface area contributed by atoms with E-state index in [1.54, 1.807) is 23.1 Å². The highest BCUT2D eigenvalue weighted by Gasteiger charge is 2.30. The van der Waals surface area contributed by atoms with Crippen LogP contribution in [0, 0.1) is 5.82 Å². The largest absolute Gasteiger partial charge is 0.330 e. The predicted molar refractivity (Wildman–Crippen MR) is 84.5 cm³/mol. The molecule has 2 fully saturated rings. The molecule has 120 valence electrons. The molecule has 3 rings (SSSR count). The summed E-state index contributed by atoms with van der Waals surface area (Å²) >= 11 is 0. The van der Waals surface area contributed by atoms with E-state index in [1.807, 2.05) is 4.90 Å². The summed E-state index contributed by atoms with van der Waals surface area (Å²) in [6.07, 6.45) is 8.12. The van der Waals surface area contributed by atoms with Gasteiger partial charge in [-0.25, -0.2) is 4.39 Å². The monoisotopic (exact) mass is 305 g/mol. The van der Waals surface area contributed by atoms with Crippen molar-refractivity contribution in [3.8, 4) is 0 Å². The van der Waals surface area contributed by atoms with Gasteiger partial charge >= 0.3 is 0 Å². The molecule has 0 spiro atoms. The third-order valence-electron chi connectivity index (χ3n) is 5.23. The second kappa shape index (κ2) is 7.23. The lowest BCUT2D eigenvalue weighted by molar-refractivity contribution is -0.929. The summed E-state index contributed by atoms with van der Waals surface area (Å²) in [6.45, 7) is 3.51. The minimum Gasteiger partial charge on any atom is -0.330 e. The van der Waals surface area contributed by atoms with Gasteiger partial charge in [0.25, 0.3) is 5.91 Å². The summed E-state index contributed by atoms with van der Waals surface area (Å²) in [5, 5.41) is 0. The van der Waals surface area contributed by atoms with Gasteiger partial charge in [-0.2, -0.15) is 0 Å². The molecular formula is C18H26FN2O+. The lowest BCUT2D eigenvalue weighted by Gasteiger charge is -2.36. The number of halogens is 1. The Bertz CT molecular complexity index is 504. The number of benzene rings is 1. The zero-order valence-electron chi connectivity index (χ0n) is 13.2. The Morgan fingerprint density at radius 1 is 1.05 bits per heavy atom. The quantitative estimate of drug-likeness (QED) is 0.829. The number of piperazine rings is 1. The Hall–Kier alpha value is -1.42. The van der Waals surface area contributed by atoms with Crippen molar-refractivity contribution >= 4 is 5.91 Å². The van der Waals surface area contributed by atoms with Crippen molar-refractivity contribution in [1.82, 2.24) is 4.90 Å². The highest BCUT2D eigenvalue weighted by atomic mass is 19.1. The van der Waals surface area contributed by atoms with Gasteiger partial charge in [0.15, 0.2) is 0 Å². The molecule has 1 aromatic carbocycles. The molecule has 22 heavy (non-hydrogen) atoms. The van der Waals surface area contributed by atoms with Crippen LogP contribution in [-0.4, -0.2) is 43.0 Å². The average Bonchev–Trinajstić information content (AvgIpc) is 2.84. The fourth-order valence-corrected chi connectivity index (χ4v) is 3.90. The van der Waals surface area contributed by atoms with Crippen molar-refractivity contribution < 1.29 is 14.1 Å². The van der Waals surface area contributed by atoms with Gasteiger partial charge in [-0.3, -0.25) is 4.79 Å². The van der Waals surface area contributed by atoms with Crippen molar-refractivity contribution in [2.24, 2.45) is 0 Å². The highest BCUT2D eigenvalue weighted by molar-refractivity contribution is 5.94. The van der Waals surface area contributed by atoms with E-state index in [9.17, 15) is 9.18 Å². The molecule has 1 amide bonds. The van der Waals surface area contributed by atoms with E-state index in [4.69, 9.17) is 0 Å². The summed E-state index contributed by atoms with van der Waals surface area (Å²) < 4.78 is 13.8. The average molecular weight is 305 g/mol. The summed E-state index contributed by atoms with van der Waals surface area (Å²) in [4.78, 5) is 15.9. The Morgan fingerprint density at radius 2 is 1.68 bits per heavy atom. The van der Waals surface area contributed by atoms with Gasteiger partial charge in [-0.05, 0) is 37.8 Å². The normalized spacial score (nSPS) is 21.6. The fourth-order valence-electron chi connectivity index (χ4n) is 3.90.